The van der Waals surface area contributed by atoms with E-state index in [1.54, 1.807) is 10.7 Å². The molecule has 146 valence electrons. The quantitative estimate of drug-likeness (QED) is 0.546. The summed E-state index contributed by atoms with van der Waals surface area (Å²) in [5, 5.41) is 14.9. The van der Waals surface area contributed by atoms with E-state index in [9.17, 15) is 5.11 Å². The Morgan fingerprint density at radius 1 is 1.07 bits per heavy atom. The largest absolute Gasteiger partial charge is 0.390 e. The smallest absolute Gasteiger partial charge is 0.154 e. The predicted octanol–water partition coefficient (Wildman–Crippen LogP) is 3.77. The van der Waals surface area contributed by atoms with E-state index >= 15 is 0 Å². The third-order valence-corrected chi connectivity index (χ3v) is 5.81. The first kappa shape index (κ1) is 18.0. The third kappa shape index (κ3) is 3.30. The Hall–Kier alpha value is -3.09. The number of aliphatic hydroxyl groups excluding tert-OH is 1. The second kappa shape index (κ2) is 7.39. The molecular formula is C23H23N5O. The van der Waals surface area contributed by atoms with Crippen molar-refractivity contribution in [1.29, 1.82) is 0 Å². The molecule has 1 fully saturated rings. The number of hydrogen-bond acceptors (Lipinski definition) is 5. The summed E-state index contributed by atoms with van der Waals surface area (Å²) in [5.74, 6) is 1.23. The Balaban J connectivity index is 1.55. The fourth-order valence-corrected chi connectivity index (χ4v) is 3.87. The van der Waals surface area contributed by atoms with Gasteiger partial charge in [0.05, 0.1) is 35.4 Å². The van der Waals surface area contributed by atoms with Crippen molar-refractivity contribution in [2.75, 3.05) is 0 Å². The number of aliphatic hydroxyl groups is 1. The van der Waals surface area contributed by atoms with Gasteiger partial charge in [0.25, 0.3) is 0 Å². The van der Waals surface area contributed by atoms with Crippen LogP contribution in [0.4, 0.5) is 0 Å². The molecule has 29 heavy (non-hydrogen) atoms. The van der Waals surface area contributed by atoms with E-state index in [4.69, 9.17) is 10.7 Å². The lowest BCUT2D eigenvalue weighted by Crippen LogP contribution is -2.27. The molecule has 1 aliphatic carbocycles. The van der Waals surface area contributed by atoms with Crippen molar-refractivity contribution >= 4 is 10.9 Å². The van der Waals surface area contributed by atoms with Crippen LogP contribution in [-0.2, 0) is 6.61 Å². The molecule has 1 saturated carbocycles. The number of nitrogens with zero attached hydrogens (tertiary/aromatic N) is 4. The maximum absolute atomic E-state index is 9.39. The van der Waals surface area contributed by atoms with Crippen LogP contribution < -0.4 is 5.73 Å². The highest BCUT2D eigenvalue weighted by molar-refractivity contribution is 5.84. The first-order valence-corrected chi connectivity index (χ1v) is 10.0. The molecule has 0 spiro atoms. The first-order chi connectivity index (χ1) is 14.2. The molecule has 0 radical (unpaired) electrons. The number of aromatic nitrogens is 4. The van der Waals surface area contributed by atoms with E-state index in [0.29, 0.717) is 17.4 Å². The normalized spacial score (nSPS) is 15.4. The second-order valence-electron chi connectivity index (χ2n) is 7.64. The van der Waals surface area contributed by atoms with Crippen LogP contribution in [0.15, 0.2) is 60.8 Å². The monoisotopic (exact) mass is 385 g/mol. The highest BCUT2D eigenvalue weighted by atomic mass is 16.3. The highest BCUT2D eigenvalue weighted by Crippen LogP contribution is 2.36. The summed E-state index contributed by atoms with van der Waals surface area (Å²) in [7, 11) is 0. The molecule has 1 unspecified atom stereocenters. The predicted molar refractivity (Wildman–Crippen MR) is 112 cm³/mol. The molecule has 6 nitrogen and oxygen atoms in total. The molecule has 1 aliphatic rings. The van der Waals surface area contributed by atoms with Gasteiger partial charge in [-0.2, -0.15) is 5.10 Å². The number of hydrogen-bond donors (Lipinski definition) is 2. The van der Waals surface area contributed by atoms with Crippen LogP contribution in [0.5, 0.6) is 0 Å². The molecule has 5 rings (SSSR count). The molecule has 1 atom stereocenters. The van der Waals surface area contributed by atoms with Crippen molar-refractivity contribution in [3.8, 4) is 17.1 Å². The topological polar surface area (TPSA) is 89.8 Å². The molecular weight excluding hydrogens is 362 g/mol. The number of benzene rings is 1. The molecule has 4 aromatic rings. The molecule has 3 heterocycles. The van der Waals surface area contributed by atoms with E-state index in [-0.39, 0.29) is 12.6 Å². The number of rotatable bonds is 5. The van der Waals surface area contributed by atoms with Crippen molar-refractivity contribution < 1.29 is 5.11 Å². The Bertz CT molecular complexity index is 1160. The summed E-state index contributed by atoms with van der Waals surface area (Å²) in [6.45, 7) is -0.101. The minimum absolute atomic E-state index is 0.00313. The number of fused-ring (bicyclic) bond motifs is 1. The summed E-state index contributed by atoms with van der Waals surface area (Å²) >= 11 is 0. The van der Waals surface area contributed by atoms with E-state index < -0.39 is 0 Å². The highest BCUT2D eigenvalue weighted by Gasteiger charge is 2.26. The fraction of sp³-hybridized carbons (Fsp3) is 0.261. The molecule has 0 bridgehead atoms. The van der Waals surface area contributed by atoms with Gasteiger partial charge in [0, 0.05) is 17.0 Å². The second-order valence-corrected chi connectivity index (χ2v) is 7.64. The Morgan fingerprint density at radius 3 is 2.72 bits per heavy atom. The van der Waals surface area contributed by atoms with Crippen LogP contribution in [0.25, 0.3) is 28.0 Å². The fourth-order valence-electron chi connectivity index (χ4n) is 3.87. The van der Waals surface area contributed by atoms with Crippen molar-refractivity contribution in [1.82, 2.24) is 19.7 Å². The van der Waals surface area contributed by atoms with Gasteiger partial charge in [-0.25, -0.2) is 9.67 Å². The summed E-state index contributed by atoms with van der Waals surface area (Å²) in [6, 6.07) is 17.8. The summed E-state index contributed by atoms with van der Waals surface area (Å²) < 4.78 is 1.79. The van der Waals surface area contributed by atoms with Gasteiger partial charge in [-0.05, 0) is 49.1 Å². The molecule has 1 aromatic carbocycles. The van der Waals surface area contributed by atoms with Gasteiger partial charge >= 0.3 is 0 Å². The van der Waals surface area contributed by atoms with Crippen LogP contribution in [-0.4, -0.2) is 24.9 Å². The van der Waals surface area contributed by atoms with Crippen molar-refractivity contribution in [2.24, 2.45) is 11.7 Å². The van der Waals surface area contributed by atoms with Gasteiger partial charge in [0.1, 0.15) is 0 Å². The van der Waals surface area contributed by atoms with Crippen molar-refractivity contribution in [2.45, 2.75) is 31.9 Å². The van der Waals surface area contributed by atoms with E-state index in [0.717, 1.165) is 27.9 Å². The van der Waals surface area contributed by atoms with Crippen LogP contribution in [0.3, 0.4) is 0 Å². The van der Waals surface area contributed by atoms with Gasteiger partial charge in [-0.1, -0.05) is 30.7 Å². The Morgan fingerprint density at radius 2 is 1.93 bits per heavy atom. The van der Waals surface area contributed by atoms with Crippen LogP contribution in [0, 0.1) is 5.92 Å². The Labute approximate surface area is 169 Å². The minimum atomic E-state index is -0.101. The Kier molecular flexibility index (Phi) is 4.58. The lowest BCUT2D eigenvalue weighted by atomic mass is 9.79. The van der Waals surface area contributed by atoms with Gasteiger partial charge in [-0.15, -0.1) is 0 Å². The average Bonchev–Trinajstić information content (AvgIpc) is 3.16. The van der Waals surface area contributed by atoms with Gasteiger partial charge in [0.15, 0.2) is 5.82 Å². The van der Waals surface area contributed by atoms with Crippen molar-refractivity contribution in [3.63, 3.8) is 0 Å². The zero-order chi connectivity index (χ0) is 19.8. The molecule has 0 amide bonds. The van der Waals surface area contributed by atoms with Gasteiger partial charge in [-0.3, -0.25) is 4.98 Å². The van der Waals surface area contributed by atoms with E-state index in [1.807, 2.05) is 42.6 Å². The summed E-state index contributed by atoms with van der Waals surface area (Å²) in [6.07, 6.45) is 5.48. The van der Waals surface area contributed by atoms with Gasteiger partial charge in [0.2, 0.25) is 0 Å². The van der Waals surface area contributed by atoms with Gasteiger partial charge < -0.3 is 10.8 Å². The molecule has 6 heteroatoms. The lowest BCUT2D eigenvalue weighted by Gasteiger charge is -2.30. The molecule has 3 N–H and O–H groups in total. The first-order valence-electron chi connectivity index (χ1n) is 10.0. The summed E-state index contributed by atoms with van der Waals surface area (Å²) in [5.41, 5.74) is 10.9. The lowest BCUT2D eigenvalue weighted by molar-refractivity contribution is 0.261. The van der Waals surface area contributed by atoms with Crippen molar-refractivity contribution in [3.05, 3.63) is 72.2 Å². The maximum atomic E-state index is 9.39. The van der Waals surface area contributed by atoms with Crippen LogP contribution >= 0.6 is 0 Å². The maximum Gasteiger partial charge on any atom is 0.154 e. The summed E-state index contributed by atoms with van der Waals surface area (Å²) in [4.78, 5) is 9.34. The standard InChI is InChI=1S/C23H23N5O/c24-23(15-4-1-5-15)20-8-3-7-19(27-20)16-10-11-17-13-25-28(21(17)12-16)22-9-2-6-18(14-29)26-22/h2-3,6-13,15,23,29H,1,4-5,14,24H2. The molecule has 3 aromatic heterocycles. The average molecular weight is 385 g/mol. The van der Waals surface area contributed by atoms with E-state index in [2.05, 4.69) is 22.2 Å². The zero-order valence-corrected chi connectivity index (χ0v) is 16.1. The number of pyridine rings is 2. The van der Waals surface area contributed by atoms with Crippen LogP contribution in [0.2, 0.25) is 0 Å². The van der Waals surface area contributed by atoms with E-state index in [1.165, 1.54) is 19.3 Å². The third-order valence-electron chi connectivity index (χ3n) is 5.81. The number of nitrogens with two attached hydrogens (primary N) is 1. The zero-order valence-electron chi connectivity index (χ0n) is 16.1. The minimum Gasteiger partial charge on any atom is -0.390 e. The molecule has 0 saturated heterocycles. The van der Waals surface area contributed by atoms with Crippen LogP contribution in [0.1, 0.15) is 36.7 Å². The SMILES string of the molecule is NC(c1cccc(-c2ccc3cnn(-c4cccc(CO)n4)c3c2)n1)C1CCC1. The molecule has 0 aliphatic heterocycles.